The number of hydrogen-bond donors (Lipinski definition) is 2. The van der Waals surface area contributed by atoms with Crippen LogP contribution in [-0.2, 0) is 6.54 Å². The summed E-state index contributed by atoms with van der Waals surface area (Å²) in [6.07, 6.45) is 11.5. The first-order valence-electron chi connectivity index (χ1n) is 8.77. The number of rotatable bonds is 8. The smallest absolute Gasteiger partial charge is 0.191 e. The molecule has 1 saturated carbocycles. The molecule has 1 aromatic rings. The first-order valence-corrected chi connectivity index (χ1v) is 8.77. The summed E-state index contributed by atoms with van der Waals surface area (Å²) in [6, 6.07) is 1.96. The van der Waals surface area contributed by atoms with Crippen LogP contribution in [0.15, 0.2) is 23.5 Å². The minimum Gasteiger partial charge on any atom is -0.357 e. The fraction of sp³-hybridized carbons (Fsp3) is 0.765. The Morgan fingerprint density at radius 3 is 2.65 bits per heavy atom. The number of aromatic nitrogens is 2. The van der Waals surface area contributed by atoms with E-state index in [1.54, 1.807) is 0 Å². The van der Waals surface area contributed by atoms with Gasteiger partial charge in [0.15, 0.2) is 5.96 Å². The Hall–Kier alpha value is -0.790. The Kier molecular flexibility index (Phi) is 9.59. The monoisotopic (exact) mass is 433 g/mol. The lowest BCUT2D eigenvalue weighted by Gasteiger charge is -2.25. The average Bonchev–Trinajstić information content (AvgIpc) is 3.21. The van der Waals surface area contributed by atoms with E-state index in [-0.39, 0.29) is 24.0 Å². The van der Waals surface area contributed by atoms with Crippen LogP contribution in [0, 0.1) is 5.41 Å². The minimum absolute atomic E-state index is 0. The molecule has 6 heteroatoms. The number of aryl methyl sites for hydroxylation is 1. The van der Waals surface area contributed by atoms with Crippen molar-refractivity contribution in [3.8, 4) is 0 Å². The molecule has 0 aromatic carbocycles. The fourth-order valence-corrected chi connectivity index (χ4v) is 3.22. The first kappa shape index (κ1) is 20.3. The third kappa shape index (κ3) is 6.69. The Bertz CT molecular complexity index is 438. The van der Waals surface area contributed by atoms with Gasteiger partial charge in [0, 0.05) is 38.6 Å². The van der Waals surface area contributed by atoms with Crippen molar-refractivity contribution in [3.05, 3.63) is 18.5 Å². The van der Waals surface area contributed by atoms with Crippen molar-refractivity contribution in [1.29, 1.82) is 0 Å². The standard InChI is InChI=1S/C17H31N5.HI/c1-3-17(9-5-6-10-17)15-20-16(18-4-2)19-11-7-13-22-14-8-12-21-22;/h8,12,14H,3-7,9-11,13,15H2,1-2H3,(H2,18,19,20);1H. The molecule has 0 spiro atoms. The number of nitrogens with one attached hydrogen (secondary N) is 2. The lowest BCUT2D eigenvalue weighted by Crippen LogP contribution is -2.39. The van der Waals surface area contributed by atoms with E-state index in [1.807, 2.05) is 23.1 Å². The second kappa shape index (κ2) is 10.9. The number of hydrogen-bond acceptors (Lipinski definition) is 2. The van der Waals surface area contributed by atoms with Crippen molar-refractivity contribution in [2.75, 3.05) is 19.6 Å². The topological polar surface area (TPSA) is 54.2 Å². The molecule has 0 amide bonds. The van der Waals surface area contributed by atoms with Crippen molar-refractivity contribution in [2.45, 2.75) is 58.9 Å². The number of guanidine groups is 1. The molecule has 2 rings (SSSR count). The predicted octanol–water partition coefficient (Wildman–Crippen LogP) is 3.42. The molecule has 1 heterocycles. The second-order valence-electron chi connectivity index (χ2n) is 6.31. The number of nitrogens with zero attached hydrogens (tertiary/aromatic N) is 3. The van der Waals surface area contributed by atoms with Gasteiger partial charge in [-0.25, -0.2) is 0 Å². The molecular weight excluding hydrogens is 401 g/mol. The number of halogens is 1. The zero-order valence-electron chi connectivity index (χ0n) is 14.6. The Balaban J connectivity index is 0.00000264. The maximum absolute atomic E-state index is 4.85. The van der Waals surface area contributed by atoms with Crippen LogP contribution in [0.25, 0.3) is 0 Å². The van der Waals surface area contributed by atoms with Crippen LogP contribution in [0.5, 0.6) is 0 Å². The Morgan fingerprint density at radius 2 is 2.04 bits per heavy atom. The van der Waals surface area contributed by atoms with Crippen molar-refractivity contribution in [1.82, 2.24) is 20.4 Å². The average molecular weight is 433 g/mol. The highest BCUT2D eigenvalue weighted by Gasteiger charge is 2.31. The second-order valence-corrected chi connectivity index (χ2v) is 6.31. The highest BCUT2D eigenvalue weighted by Crippen LogP contribution is 2.41. The largest absolute Gasteiger partial charge is 0.357 e. The van der Waals surface area contributed by atoms with Crippen LogP contribution in [0.1, 0.15) is 52.4 Å². The van der Waals surface area contributed by atoms with Crippen LogP contribution >= 0.6 is 24.0 Å². The summed E-state index contributed by atoms with van der Waals surface area (Å²) in [5.74, 6) is 0.961. The molecule has 1 aromatic heterocycles. The summed E-state index contributed by atoms with van der Waals surface area (Å²) < 4.78 is 1.97. The van der Waals surface area contributed by atoms with E-state index >= 15 is 0 Å². The predicted molar refractivity (Wildman–Crippen MR) is 107 cm³/mol. The Morgan fingerprint density at radius 1 is 1.26 bits per heavy atom. The zero-order valence-corrected chi connectivity index (χ0v) is 16.9. The quantitative estimate of drug-likeness (QED) is 0.286. The van der Waals surface area contributed by atoms with E-state index in [9.17, 15) is 0 Å². The maximum Gasteiger partial charge on any atom is 0.191 e. The van der Waals surface area contributed by atoms with Crippen molar-refractivity contribution in [2.24, 2.45) is 10.4 Å². The zero-order chi connectivity index (χ0) is 15.7. The van der Waals surface area contributed by atoms with Gasteiger partial charge in [-0.2, -0.15) is 5.10 Å². The first-order chi connectivity index (χ1) is 10.8. The lowest BCUT2D eigenvalue weighted by atomic mass is 9.84. The highest BCUT2D eigenvalue weighted by molar-refractivity contribution is 14.0. The van der Waals surface area contributed by atoms with Gasteiger partial charge in [-0.3, -0.25) is 9.67 Å². The molecule has 1 aliphatic rings. The molecule has 5 nitrogen and oxygen atoms in total. The highest BCUT2D eigenvalue weighted by atomic mass is 127. The summed E-state index contributed by atoms with van der Waals surface area (Å²) >= 11 is 0. The van der Waals surface area contributed by atoms with Crippen molar-refractivity contribution >= 4 is 29.9 Å². The molecule has 1 aliphatic carbocycles. The molecule has 0 radical (unpaired) electrons. The minimum atomic E-state index is 0. The van der Waals surface area contributed by atoms with Gasteiger partial charge < -0.3 is 10.6 Å². The van der Waals surface area contributed by atoms with Crippen LogP contribution in [0.4, 0.5) is 0 Å². The van der Waals surface area contributed by atoms with Crippen molar-refractivity contribution in [3.63, 3.8) is 0 Å². The SMILES string of the molecule is CCNC(=NCC1(CC)CCCC1)NCCCn1cccn1.I. The molecule has 0 aliphatic heterocycles. The number of aliphatic imine (C=N–C) groups is 1. The molecule has 2 N–H and O–H groups in total. The van der Waals surface area contributed by atoms with Gasteiger partial charge in [-0.1, -0.05) is 19.8 Å². The van der Waals surface area contributed by atoms with E-state index in [1.165, 1.54) is 32.1 Å². The molecule has 1 fully saturated rings. The fourth-order valence-electron chi connectivity index (χ4n) is 3.22. The van der Waals surface area contributed by atoms with Gasteiger partial charge in [0.2, 0.25) is 0 Å². The Labute approximate surface area is 157 Å². The van der Waals surface area contributed by atoms with Crippen LogP contribution in [0.3, 0.4) is 0 Å². The molecular formula is C17H32IN5. The maximum atomic E-state index is 4.85. The summed E-state index contributed by atoms with van der Waals surface area (Å²) in [6.45, 7) is 8.16. The van der Waals surface area contributed by atoms with E-state index in [0.29, 0.717) is 5.41 Å². The van der Waals surface area contributed by atoms with Gasteiger partial charge in [-0.15, -0.1) is 24.0 Å². The van der Waals surface area contributed by atoms with Crippen LogP contribution < -0.4 is 10.6 Å². The summed E-state index contributed by atoms with van der Waals surface area (Å²) in [5.41, 5.74) is 0.456. The molecule has 0 bridgehead atoms. The van der Waals surface area contributed by atoms with Gasteiger partial charge in [0.25, 0.3) is 0 Å². The summed E-state index contributed by atoms with van der Waals surface area (Å²) in [5, 5.41) is 11.0. The third-order valence-corrected chi connectivity index (χ3v) is 4.75. The van der Waals surface area contributed by atoms with Crippen molar-refractivity contribution < 1.29 is 0 Å². The van der Waals surface area contributed by atoms with Gasteiger partial charge in [0.1, 0.15) is 0 Å². The summed E-state index contributed by atoms with van der Waals surface area (Å²) in [4.78, 5) is 4.85. The molecule has 132 valence electrons. The molecule has 23 heavy (non-hydrogen) atoms. The summed E-state index contributed by atoms with van der Waals surface area (Å²) in [7, 11) is 0. The molecule has 0 saturated heterocycles. The lowest BCUT2D eigenvalue weighted by molar-refractivity contribution is 0.297. The van der Waals surface area contributed by atoms with E-state index < -0.39 is 0 Å². The van der Waals surface area contributed by atoms with E-state index in [4.69, 9.17) is 4.99 Å². The van der Waals surface area contributed by atoms with Gasteiger partial charge in [-0.05, 0) is 44.1 Å². The van der Waals surface area contributed by atoms with E-state index in [0.717, 1.165) is 38.6 Å². The molecule has 0 unspecified atom stereocenters. The normalized spacial score (nSPS) is 16.9. The van der Waals surface area contributed by atoms with Gasteiger partial charge >= 0.3 is 0 Å². The molecule has 0 atom stereocenters. The van der Waals surface area contributed by atoms with E-state index in [2.05, 4.69) is 29.6 Å². The van der Waals surface area contributed by atoms with Gasteiger partial charge in [0.05, 0.1) is 0 Å². The van der Waals surface area contributed by atoms with Crippen LogP contribution in [-0.4, -0.2) is 35.4 Å². The van der Waals surface area contributed by atoms with Crippen LogP contribution in [0.2, 0.25) is 0 Å². The third-order valence-electron chi connectivity index (χ3n) is 4.75.